The van der Waals surface area contributed by atoms with E-state index in [9.17, 15) is 4.79 Å². The lowest BCUT2D eigenvalue weighted by Gasteiger charge is -2.28. The lowest BCUT2D eigenvalue weighted by molar-refractivity contribution is 0.100. The number of hydrogen-bond acceptors (Lipinski definition) is 4. The molecule has 1 heterocycles. The van der Waals surface area contributed by atoms with Crippen LogP contribution < -0.4 is 11.1 Å². The number of amides is 1. The lowest BCUT2D eigenvalue weighted by atomic mass is 9.93. The Bertz CT molecular complexity index is 415. The molecule has 1 amide bonds. The van der Waals surface area contributed by atoms with Gasteiger partial charge < -0.3 is 16.0 Å². The molecule has 0 unspecified atom stereocenters. The highest BCUT2D eigenvalue weighted by Crippen LogP contribution is 2.18. The Labute approximate surface area is 108 Å². The van der Waals surface area contributed by atoms with Crippen LogP contribution in [-0.4, -0.2) is 43.0 Å². The van der Waals surface area contributed by atoms with Gasteiger partial charge in [0, 0.05) is 19.3 Å². The minimum Gasteiger partial charge on any atom is -0.369 e. The summed E-state index contributed by atoms with van der Waals surface area (Å²) < 4.78 is 0. The maximum absolute atomic E-state index is 11.3. The van der Waals surface area contributed by atoms with Gasteiger partial charge in [0.05, 0.1) is 5.56 Å². The fourth-order valence-corrected chi connectivity index (χ4v) is 1.98. The summed E-state index contributed by atoms with van der Waals surface area (Å²) in [6, 6.07) is 3.38. The Morgan fingerprint density at radius 3 is 2.72 bits per heavy atom. The number of nitrogens with zero attached hydrogens (tertiary/aromatic N) is 2. The first-order valence-electron chi connectivity index (χ1n) is 5.95. The highest BCUT2D eigenvalue weighted by molar-refractivity contribution is 5.97. The maximum atomic E-state index is 11.3. The SMILES string of the molecule is CN(C)CC(C)(C)CNc1ncccc1C(N)=O. The van der Waals surface area contributed by atoms with Crippen molar-refractivity contribution in [1.82, 2.24) is 9.88 Å². The average Bonchev–Trinajstić information content (AvgIpc) is 2.25. The van der Waals surface area contributed by atoms with E-state index < -0.39 is 5.91 Å². The molecular formula is C13H22N4O. The number of aromatic nitrogens is 1. The third-order valence-electron chi connectivity index (χ3n) is 2.55. The maximum Gasteiger partial charge on any atom is 0.252 e. The first-order chi connectivity index (χ1) is 8.32. The molecule has 3 N–H and O–H groups in total. The summed E-state index contributed by atoms with van der Waals surface area (Å²) in [5.41, 5.74) is 5.82. The van der Waals surface area contributed by atoms with Crippen LogP contribution in [0.25, 0.3) is 0 Å². The van der Waals surface area contributed by atoms with E-state index in [0.717, 1.165) is 13.1 Å². The topological polar surface area (TPSA) is 71.2 Å². The largest absolute Gasteiger partial charge is 0.369 e. The molecule has 0 aromatic carbocycles. The van der Waals surface area contributed by atoms with Crippen molar-refractivity contribution in [3.8, 4) is 0 Å². The van der Waals surface area contributed by atoms with Crippen LogP contribution >= 0.6 is 0 Å². The number of carbonyl (C=O) groups is 1. The molecule has 5 heteroatoms. The van der Waals surface area contributed by atoms with E-state index in [-0.39, 0.29) is 5.41 Å². The Hall–Kier alpha value is -1.62. The Morgan fingerprint density at radius 2 is 2.17 bits per heavy atom. The fraction of sp³-hybridized carbons (Fsp3) is 0.538. The molecule has 0 saturated carbocycles. The van der Waals surface area contributed by atoms with Crippen LogP contribution in [0.3, 0.4) is 0 Å². The van der Waals surface area contributed by atoms with E-state index >= 15 is 0 Å². The van der Waals surface area contributed by atoms with Crippen molar-refractivity contribution >= 4 is 11.7 Å². The normalized spacial score (nSPS) is 11.6. The van der Waals surface area contributed by atoms with E-state index in [1.54, 1.807) is 18.3 Å². The lowest BCUT2D eigenvalue weighted by Crippen LogP contribution is -2.34. The van der Waals surface area contributed by atoms with Crippen molar-refractivity contribution < 1.29 is 4.79 Å². The van der Waals surface area contributed by atoms with E-state index in [0.29, 0.717) is 11.4 Å². The van der Waals surface area contributed by atoms with Gasteiger partial charge in [-0.15, -0.1) is 0 Å². The van der Waals surface area contributed by atoms with Crippen LogP contribution in [0.15, 0.2) is 18.3 Å². The van der Waals surface area contributed by atoms with Crippen molar-refractivity contribution in [3.63, 3.8) is 0 Å². The van der Waals surface area contributed by atoms with Crippen LogP contribution in [0, 0.1) is 5.41 Å². The van der Waals surface area contributed by atoms with Gasteiger partial charge in [-0.05, 0) is 31.6 Å². The van der Waals surface area contributed by atoms with Gasteiger partial charge in [-0.2, -0.15) is 0 Å². The Morgan fingerprint density at radius 1 is 1.50 bits per heavy atom. The van der Waals surface area contributed by atoms with E-state index in [4.69, 9.17) is 5.73 Å². The van der Waals surface area contributed by atoms with E-state index in [1.807, 2.05) is 14.1 Å². The minimum atomic E-state index is -0.462. The van der Waals surface area contributed by atoms with Crippen LogP contribution in [0.1, 0.15) is 24.2 Å². The van der Waals surface area contributed by atoms with Crippen LogP contribution in [0.2, 0.25) is 0 Å². The van der Waals surface area contributed by atoms with E-state index in [2.05, 4.69) is 29.0 Å². The van der Waals surface area contributed by atoms with Gasteiger partial charge in [0.1, 0.15) is 5.82 Å². The molecule has 0 bridgehead atoms. The molecule has 0 atom stereocenters. The summed E-state index contributed by atoms with van der Waals surface area (Å²) in [6.07, 6.45) is 1.65. The second-order valence-electron chi connectivity index (χ2n) is 5.52. The highest BCUT2D eigenvalue weighted by atomic mass is 16.1. The summed E-state index contributed by atoms with van der Waals surface area (Å²) in [5.74, 6) is 0.0906. The van der Waals surface area contributed by atoms with Crippen molar-refractivity contribution in [2.75, 3.05) is 32.5 Å². The molecule has 0 radical (unpaired) electrons. The summed E-state index contributed by atoms with van der Waals surface area (Å²) in [4.78, 5) is 17.5. The standard InChI is InChI=1S/C13H22N4O/c1-13(2,9-17(3)4)8-16-12-10(11(14)18)6-5-7-15-12/h5-7H,8-9H2,1-4H3,(H2,14,18)(H,15,16). The number of primary amides is 1. The van der Waals surface area contributed by atoms with Gasteiger partial charge in [-0.3, -0.25) is 4.79 Å². The molecular weight excluding hydrogens is 228 g/mol. The first kappa shape index (κ1) is 14.4. The number of nitrogens with two attached hydrogens (primary N) is 1. The van der Waals surface area contributed by atoms with Crippen LogP contribution in [0.4, 0.5) is 5.82 Å². The molecule has 5 nitrogen and oxygen atoms in total. The molecule has 0 aliphatic heterocycles. The second kappa shape index (κ2) is 5.82. The van der Waals surface area contributed by atoms with Gasteiger partial charge >= 0.3 is 0 Å². The molecule has 0 aliphatic carbocycles. The zero-order chi connectivity index (χ0) is 13.8. The second-order valence-corrected chi connectivity index (χ2v) is 5.52. The highest BCUT2D eigenvalue weighted by Gasteiger charge is 2.19. The zero-order valence-corrected chi connectivity index (χ0v) is 11.5. The van der Waals surface area contributed by atoms with E-state index in [1.165, 1.54) is 0 Å². The van der Waals surface area contributed by atoms with Crippen molar-refractivity contribution in [1.29, 1.82) is 0 Å². The van der Waals surface area contributed by atoms with Gasteiger partial charge in [-0.25, -0.2) is 4.98 Å². The number of pyridine rings is 1. The number of hydrogen-bond donors (Lipinski definition) is 2. The molecule has 0 fully saturated rings. The van der Waals surface area contributed by atoms with Gasteiger partial charge in [0.2, 0.25) is 0 Å². The molecule has 1 rings (SSSR count). The number of carbonyl (C=O) groups excluding carboxylic acids is 1. The van der Waals surface area contributed by atoms with Crippen molar-refractivity contribution in [2.45, 2.75) is 13.8 Å². The molecule has 0 saturated heterocycles. The molecule has 0 aliphatic rings. The predicted molar refractivity (Wildman–Crippen MR) is 73.6 cm³/mol. The fourth-order valence-electron chi connectivity index (χ4n) is 1.98. The van der Waals surface area contributed by atoms with Crippen LogP contribution in [0.5, 0.6) is 0 Å². The van der Waals surface area contributed by atoms with Gasteiger partial charge in [0.15, 0.2) is 0 Å². The van der Waals surface area contributed by atoms with Gasteiger partial charge in [0.25, 0.3) is 5.91 Å². The third-order valence-corrected chi connectivity index (χ3v) is 2.55. The van der Waals surface area contributed by atoms with Crippen LogP contribution in [-0.2, 0) is 0 Å². The zero-order valence-electron chi connectivity index (χ0n) is 11.5. The number of rotatable bonds is 6. The predicted octanol–water partition coefficient (Wildman–Crippen LogP) is 1.18. The smallest absolute Gasteiger partial charge is 0.252 e. The quantitative estimate of drug-likeness (QED) is 0.795. The number of anilines is 1. The summed E-state index contributed by atoms with van der Waals surface area (Å²) in [5, 5.41) is 3.20. The monoisotopic (exact) mass is 250 g/mol. The molecule has 100 valence electrons. The minimum absolute atomic E-state index is 0.0793. The van der Waals surface area contributed by atoms with Gasteiger partial charge in [-0.1, -0.05) is 13.8 Å². The molecule has 1 aromatic heterocycles. The molecule has 1 aromatic rings. The summed E-state index contributed by atoms with van der Waals surface area (Å²) >= 11 is 0. The Balaban J connectivity index is 2.71. The summed E-state index contributed by atoms with van der Waals surface area (Å²) in [7, 11) is 4.08. The van der Waals surface area contributed by atoms with Crippen molar-refractivity contribution in [3.05, 3.63) is 23.9 Å². The first-order valence-corrected chi connectivity index (χ1v) is 5.95. The average molecular weight is 250 g/mol. The molecule has 18 heavy (non-hydrogen) atoms. The summed E-state index contributed by atoms with van der Waals surface area (Å²) in [6.45, 7) is 5.99. The molecule has 0 spiro atoms. The third kappa shape index (κ3) is 4.33. The Kier molecular flexibility index (Phi) is 4.67. The number of nitrogens with one attached hydrogen (secondary N) is 1. The van der Waals surface area contributed by atoms with Crippen molar-refractivity contribution in [2.24, 2.45) is 11.1 Å².